The zero-order valence-corrected chi connectivity index (χ0v) is 11.9. The monoisotopic (exact) mass is 295 g/mol. The first-order valence-electron chi connectivity index (χ1n) is 6.81. The number of benzene rings is 2. The van der Waals surface area contributed by atoms with Crippen molar-refractivity contribution in [1.29, 1.82) is 0 Å². The number of fused-ring (bicyclic) bond motifs is 1. The van der Waals surface area contributed by atoms with Crippen LogP contribution in [0.15, 0.2) is 53.6 Å². The van der Waals surface area contributed by atoms with Crippen molar-refractivity contribution >= 4 is 23.0 Å². The van der Waals surface area contributed by atoms with Crippen molar-refractivity contribution in [3.05, 3.63) is 71.2 Å². The molecule has 5 heteroatoms. The molecule has 1 amide bonds. The van der Waals surface area contributed by atoms with E-state index in [0.29, 0.717) is 5.56 Å². The Hall–Kier alpha value is -2.95. The van der Waals surface area contributed by atoms with Crippen LogP contribution < -0.4 is 5.43 Å². The highest BCUT2D eigenvalue weighted by atomic mass is 19.1. The average Bonchev–Trinajstić information content (AvgIpc) is 2.84. The van der Waals surface area contributed by atoms with E-state index in [1.807, 2.05) is 31.2 Å². The first-order valence-corrected chi connectivity index (χ1v) is 6.81. The number of hydrazone groups is 1. The molecule has 0 bridgehead atoms. The Kier molecular flexibility index (Phi) is 3.70. The molecule has 0 fully saturated rings. The van der Waals surface area contributed by atoms with E-state index < -0.39 is 0 Å². The van der Waals surface area contributed by atoms with Crippen LogP contribution in [0.2, 0.25) is 0 Å². The van der Waals surface area contributed by atoms with Gasteiger partial charge in [-0.1, -0.05) is 18.2 Å². The molecule has 0 saturated carbocycles. The van der Waals surface area contributed by atoms with Gasteiger partial charge in [0.15, 0.2) is 0 Å². The number of aromatic amines is 1. The minimum atomic E-state index is -0.381. The van der Waals surface area contributed by atoms with Crippen LogP contribution in [-0.4, -0.2) is 17.1 Å². The summed E-state index contributed by atoms with van der Waals surface area (Å²) in [5.74, 6) is -0.761. The zero-order valence-electron chi connectivity index (χ0n) is 11.9. The lowest BCUT2D eigenvalue weighted by atomic mass is 10.1. The fraction of sp³-hybridized carbons (Fsp3) is 0.0588. The lowest BCUT2D eigenvalue weighted by Crippen LogP contribution is -2.17. The number of aromatic nitrogens is 1. The quantitative estimate of drug-likeness (QED) is 0.565. The second-order valence-electron chi connectivity index (χ2n) is 4.92. The SMILES string of the molecule is Cc1[nH]c2ccccc2c1/C=N\NC(=O)c1ccc(F)cc1. The lowest BCUT2D eigenvalue weighted by Gasteiger charge is -1.99. The van der Waals surface area contributed by atoms with Crippen LogP contribution in [0.25, 0.3) is 10.9 Å². The predicted molar refractivity (Wildman–Crippen MR) is 84.5 cm³/mol. The maximum Gasteiger partial charge on any atom is 0.271 e. The minimum Gasteiger partial charge on any atom is -0.358 e. The number of hydrogen-bond acceptors (Lipinski definition) is 2. The van der Waals surface area contributed by atoms with Gasteiger partial charge >= 0.3 is 0 Å². The molecular weight excluding hydrogens is 281 g/mol. The average molecular weight is 295 g/mol. The van der Waals surface area contributed by atoms with Crippen molar-refractivity contribution in [2.75, 3.05) is 0 Å². The number of aryl methyl sites for hydroxylation is 1. The molecule has 3 rings (SSSR count). The van der Waals surface area contributed by atoms with Crippen LogP contribution in [0.3, 0.4) is 0 Å². The normalized spacial score (nSPS) is 11.2. The molecule has 0 aliphatic carbocycles. The molecule has 110 valence electrons. The Morgan fingerprint density at radius 1 is 1.18 bits per heavy atom. The molecule has 0 radical (unpaired) electrons. The Morgan fingerprint density at radius 2 is 1.91 bits per heavy atom. The van der Waals surface area contributed by atoms with Gasteiger partial charge in [-0.15, -0.1) is 0 Å². The molecule has 0 aliphatic heterocycles. The second-order valence-corrected chi connectivity index (χ2v) is 4.92. The molecule has 0 saturated heterocycles. The van der Waals surface area contributed by atoms with Crippen molar-refractivity contribution < 1.29 is 9.18 Å². The van der Waals surface area contributed by atoms with Crippen molar-refractivity contribution in [3.63, 3.8) is 0 Å². The molecular formula is C17H14FN3O. The number of rotatable bonds is 3. The molecule has 2 N–H and O–H groups in total. The molecule has 3 aromatic rings. The van der Waals surface area contributed by atoms with Gasteiger partial charge < -0.3 is 4.98 Å². The number of nitrogens with one attached hydrogen (secondary N) is 2. The Bertz CT molecular complexity index is 850. The van der Waals surface area contributed by atoms with Crippen molar-refractivity contribution in [3.8, 4) is 0 Å². The van der Waals surface area contributed by atoms with Gasteiger partial charge in [-0.05, 0) is 37.3 Å². The van der Waals surface area contributed by atoms with Crippen molar-refractivity contribution in [1.82, 2.24) is 10.4 Å². The number of carbonyl (C=O) groups excluding carboxylic acids is 1. The molecule has 1 heterocycles. The first kappa shape index (κ1) is 14.0. The summed E-state index contributed by atoms with van der Waals surface area (Å²) in [6.07, 6.45) is 1.61. The fourth-order valence-electron chi connectivity index (χ4n) is 2.29. The van der Waals surface area contributed by atoms with Gasteiger partial charge in [0.25, 0.3) is 5.91 Å². The summed E-state index contributed by atoms with van der Waals surface area (Å²) in [5, 5.41) is 5.03. The molecule has 0 spiro atoms. The van der Waals surface area contributed by atoms with Gasteiger partial charge in [-0.25, -0.2) is 9.82 Å². The smallest absolute Gasteiger partial charge is 0.271 e. The summed E-state index contributed by atoms with van der Waals surface area (Å²) >= 11 is 0. The summed E-state index contributed by atoms with van der Waals surface area (Å²) in [6.45, 7) is 1.95. The van der Waals surface area contributed by atoms with E-state index in [9.17, 15) is 9.18 Å². The van der Waals surface area contributed by atoms with Crippen LogP contribution in [-0.2, 0) is 0 Å². The maximum absolute atomic E-state index is 12.8. The highest BCUT2D eigenvalue weighted by Gasteiger charge is 2.06. The lowest BCUT2D eigenvalue weighted by molar-refractivity contribution is 0.0955. The van der Waals surface area contributed by atoms with Gasteiger partial charge in [0.05, 0.1) is 6.21 Å². The predicted octanol–water partition coefficient (Wildman–Crippen LogP) is 3.38. The van der Waals surface area contributed by atoms with Gasteiger partial charge in [0, 0.05) is 27.7 Å². The van der Waals surface area contributed by atoms with E-state index >= 15 is 0 Å². The molecule has 0 atom stereocenters. The number of para-hydroxylation sites is 1. The van der Waals surface area contributed by atoms with Crippen LogP contribution in [0.4, 0.5) is 4.39 Å². The maximum atomic E-state index is 12.8. The summed E-state index contributed by atoms with van der Waals surface area (Å²) < 4.78 is 12.8. The van der Waals surface area contributed by atoms with Crippen LogP contribution in [0, 0.1) is 12.7 Å². The first-order chi connectivity index (χ1) is 10.6. The Labute approximate surface area is 126 Å². The van der Waals surface area contributed by atoms with Gasteiger partial charge in [0.2, 0.25) is 0 Å². The van der Waals surface area contributed by atoms with Crippen molar-refractivity contribution in [2.45, 2.75) is 6.92 Å². The number of hydrogen-bond donors (Lipinski definition) is 2. The number of nitrogens with zero attached hydrogens (tertiary/aromatic N) is 1. The van der Waals surface area contributed by atoms with E-state index in [2.05, 4.69) is 15.5 Å². The Balaban J connectivity index is 1.77. The van der Waals surface area contributed by atoms with Crippen molar-refractivity contribution in [2.24, 2.45) is 5.10 Å². The highest BCUT2D eigenvalue weighted by molar-refractivity contribution is 6.01. The number of carbonyl (C=O) groups is 1. The molecule has 22 heavy (non-hydrogen) atoms. The van der Waals surface area contributed by atoms with E-state index in [1.54, 1.807) is 6.21 Å². The van der Waals surface area contributed by atoms with Gasteiger partial charge in [0.1, 0.15) is 5.82 Å². The number of halogens is 1. The van der Waals surface area contributed by atoms with Crippen LogP contribution >= 0.6 is 0 Å². The fourth-order valence-corrected chi connectivity index (χ4v) is 2.29. The zero-order chi connectivity index (χ0) is 15.5. The third kappa shape index (κ3) is 2.74. The summed E-state index contributed by atoms with van der Waals surface area (Å²) in [6, 6.07) is 13.2. The highest BCUT2D eigenvalue weighted by Crippen LogP contribution is 2.19. The van der Waals surface area contributed by atoms with Gasteiger partial charge in [-0.3, -0.25) is 4.79 Å². The van der Waals surface area contributed by atoms with E-state index in [4.69, 9.17) is 0 Å². The summed E-state index contributed by atoms with van der Waals surface area (Å²) in [7, 11) is 0. The third-order valence-electron chi connectivity index (χ3n) is 3.41. The molecule has 2 aromatic carbocycles. The molecule has 4 nitrogen and oxygen atoms in total. The second kappa shape index (κ2) is 5.81. The molecule has 0 unspecified atom stereocenters. The van der Waals surface area contributed by atoms with Gasteiger partial charge in [-0.2, -0.15) is 5.10 Å². The number of H-pyrrole nitrogens is 1. The topological polar surface area (TPSA) is 57.2 Å². The van der Waals surface area contributed by atoms with E-state index in [0.717, 1.165) is 22.2 Å². The molecule has 0 aliphatic rings. The minimum absolute atomic E-state index is 0.356. The largest absolute Gasteiger partial charge is 0.358 e. The molecule has 1 aromatic heterocycles. The third-order valence-corrected chi connectivity index (χ3v) is 3.41. The summed E-state index contributed by atoms with van der Waals surface area (Å²) in [4.78, 5) is 15.1. The summed E-state index contributed by atoms with van der Waals surface area (Å²) in [5.41, 5.74) is 5.72. The Morgan fingerprint density at radius 3 is 2.68 bits per heavy atom. The van der Waals surface area contributed by atoms with E-state index in [1.165, 1.54) is 24.3 Å². The van der Waals surface area contributed by atoms with Crippen LogP contribution in [0.5, 0.6) is 0 Å². The standard InChI is InChI=1S/C17H14FN3O/c1-11-15(14-4-2-3-5-16(14)20-11)10-19-21-17(22)12-6-8-13(18)9-7-12/h2-10,20H,1H3,(H,21,22)/b19-10-. The van der Waals surface area contributed by atoms with Crippen LogP contribution in [0.1, 0.15) is 21.6 Å². The van der Waals surface area contributed by atoms with E-state index in [-0.39, 0.29) is 11.7 Å². The number of amides is 1.